The zero-order valence-electron chi connectivity index (χ0n) is 15.2. The molecule has 8 nitrogen and oxygen atoms in total. The van der Waals surface area contributed by atoms with E-state index < -0.39 is 0 Å². The lowest BCUT2D eigenvalue weighted by Crippen LogP contribution is -2.38. The lowest BCUT2D eigenvalue weighted by atomic mass is 10.1. The molecule has 2 aliphatic rings. The fraction of sp³-hybridized carbons (Fsp3) is 0.556. The van der Waals surface area contributed by atoms with Gasteiger partial charge in [-0.1, -0.05) is 13.8 Å². The van der Waals surface area contributed by atoms with Crippen LogP contribution in [0.4, 0.5) is 0 Å². The summed E-state index contributed by atoms with van der Waals surface area (Å²) in [6.45, 7) is 7.33. The van der Waals surface area contributed by atoms with E-state index >= 15 is 0 Å². The van der Waals surface area contributed by atoms with Gasteiger partial charge in [-0.15, -0.1) is 0 Å². The molecule has 0 atom stereocenters. The molecule has 0 unspecified atom stereocenters. The van der Waals surface area contributed by atoms with Crippen LogP contribution in [0.1, 0.15) is 65.0 Å². The second-order valence-corrected chi connectivity index (χ2v) is 7.33. The molecule has 4 rings (SSSR count). The first-order valence-electron chi connectivity index (χ1n) is 9.23. The quantitative estimate of drug-likeness (QED) is 0.905. The summed E-state index contributed by atoms with van der Waals surface area (Å²) in [6, 6.07) is 3.64. The van der Waals surface area contributed by atoms with Gasteiger partial charge in [-0.05, 0) is 30.9 Å². The Bertz CT molecular complexity index is 831. The molecular formula is C18H24N6O2. The summed E-state index contributed by atoms with van der Waals surface area (Å²) in [5, 5.41) is 11.5. The van der Waals surface area contributed by atoms with Crippen LogP contribution in [-0.4, -0.2) is 61.2 Å². The molecule has 2 aliphatic heterocycles. The highest BCUT2D eigenvalue weighted by molar-refractivity contribution is 5.93. The summed E-state index contributed by atoms with van der Waals surface area (Å²) in [7, 11) is 0. The molecule has 0 saturated carbocycles. The maximum atomic E-state index is 12.7. The predicted molar refractivity (Wildman–Crippen MR) is 94.8 cm³/mol. The minimum atomic E-state index is -0.0898. The first-order valence-corrected chi connectivity index (χ1v) is 9.23. The van der Waals surface area contributed by atoms with E-state index in [0.717, 1.165) is 37.3 Å². The Morgan fingerprint density at radius 1 is 1.00 bits per heavy atom. The maximum absolute atomic E-state index is 12.7. The lowest BCUT2D eigenvalue weighted by Gasteiger charge is -2.26. The number of hydrogen-bond acceptors (Lipinski definition) is 4. The molecule has 1 fully saturated rings. The molecule has 0 aromatic carbocycles. The summed E-state index contributed by atoms with van der Waals surface area (Å²) >= 11 is 0. The van der Waals surface area contributed by atoms with Gasteiger partial charge in [0.2, 0.25) is 0 Å². The number of amides is 2. The first-order chi connectivity index (χ1) is 12.5. The van der Waals surface area contributed by atoms with Gasteiger partial charge in [0.15, 0.2) is 5.69 Å². The number of aromatic amines is 1. The summed E-state index contributed by atoms with van der Waals surface area (Å²) < 4.78 is 1.84. The van der Waals surface area contributed by atoms with Gasteiger partial charge in [-0.2, -0.15) is 10.2 Å². The number of carbonyl (C=O) groups is 2. The highest BCUT2D eigenvalue weighted by Gasteiger charge is 2.28. The van der Waals surface area contributed by atoms with Crippen molar-refractivity contribution in [3.05, 3.63) is 34.9 Å². The SMILES string of the molecule is CC(C)c1cc(C(=O)N2CCn3nc(C(=O)N4CCCC4)cc3C2)n[nH]1. The average molecular weight is 356 g/mol. The van der Waals surface area contributed by atoms with Crippen LogP contribution in [0.15, 0.2) is 12.1 Å². The Labute approximate surface area is 152 Å². The Morgan fingerprint density at radius 3 is 2.42 bits per heavy atom. The number of fused-ring (bicyclic) bond motifs is 1. The molecule has 8 heteroatoms. The van der Waals surface area contributed by atoms with Crippen LogP contribution in [0.25, 0.3) is 0 Å². The third kappa shape index (κ3) is 3.00. The molecule has 2 aromatic rings. The highest BCUT2D eigenvalue weighted by Crippen LogP contribution is 2.19. The van der Waals surface area contributed by atoms with Crippen molar-refractivity contribution in [1.82, 2.24) is 29.8 Å². The second kappa shape index (κ2) is 6.59. The number of nitrogens with one attached hydrogen (secondary N) is 1. The molecule has 4 heterocycles. The number of nitrogens with zero attached hydrogens (tertiary/aromatic N) is 5. The fourth-order valence-corrected chi connectivity index (χ4v) is 3.53. The largest absolute Gasteiger partial charge is 0.337 e. The van der Waals surface area contributed by atoms with Gasteiger partial charge in [-0.3, -0.25) is 19.4 Å². The molecule has 26 heavy (non-hydrogen) atoms. The van der Waals surface area contributed by atoms with E-state index in [1.165, 1.54) is 0 Å². The predicted octanol–water partition coefficient (Wildman–Crippen LogP) is 1.62. The van der Waals surface area contributed by atoms with Crippen LogP contribution < -0.4 is 0 Å². The maximum Gasteiger partial charge on any atom is 0.274 e. The van der Waals surface area contributed by atoms with Crippen molar-refractivity contribution in [2.24, 2.45) is 0 Å². The van der Waals surface area contributed by atoms with Gasteiger partial charge in [0.1, 0.15) is 5.69 Å². The van der Waals surface area contributed by atoms with Crippen LogP contribution in [0, 0.1) is 0 Å². The monoisotopic (exact) mass is 356 g/mol. The summed E-state index contributed by atoms with van der Waals surface area (Å²) in [4.78, 5) is 28.9. The van der Waals surface area contributed by atoms with Crippen LogP contribution in [0.3, 0.4) is 0 Å². The Hall–Kier alpha value is -2.64. The van der Waals surface area contributed by atoms with Gasteiger partial charge in [-0.25, -0.2) is 0 Å². The molecule has 2 aromatic heterocycles. The van der Waals surface area contributed by atoms with E-state index in [0.29, 0.717) is 36.9 Å². The average Bonchev–Trinajstić information content (AvgIpc) is 3.39. The first kappa shape index (κ1) is 16.8. The van der Waals surface area contributed by atoms with Crippen LogP contribution in [0.5, 0.6) is 0 Å². The van der Waals surface area contributed by atoms with Crippen molar-refractivity contribution in [2.75, 3.05) is 19.6 Å². The number of carbonyl (C=O) groups excluding carboxylic acids is 2. The molecule has 1 N–H and O–H groups in total. The van der Waals surface area contributed by atoms with Gasteiger partial charge in [0.25, 0.3) is 11.8 Å². The standard InChI is InChI=1S/C18H24N6O2/c1-12(2)14-10-15(20-19-14)17(25)23-7-8-24-13(11-23)9-16(21-24)18(26)22-5-3-4-6-22/h9-10,12H,3-8,11H2,1-2H3,(H,19,20). The van der Waals surface area contributed by atoms with E-state index in [9.17, 15) is 9.59 Å². The normalized spacial score (nSPS) is 17.0. The number of likely N-dealkylation sites (tertiary alicyclic amines) is 1. The molecule has 0 aliphatic carbocycles. The zero-order valence-corrected chi connectivity index (χ0v) is 15.2. The number of rotatable bonds is 3. The van der Waals surface area contributed by atoms with E-state index in [1.807, 2.05) is 21.7 Å². The van der Waals surface area contributed by atoms with Gasteiger partial charge in [0.05, 0.1) is 18.8 Å². The second-order valence-electron chi connectivity index (χ2n) is 7.33. The van der Waals surface area contributed by atoms with Crippen LogP contribution >= 0.6 is 0 Å². The number of aromatic nitrogens is 4. The molecule has 0 spiro atoms. The molecular weight excluding hydrogens is 332 g/mol. The molecule has 0 bridgehead atoms. The van der Waals surface area contributed by atoms with Crippen molar-refractivity contribution in [3.63, 3.8) is 0 Å². The summed E-state index contributed by atoms with van der Waals surface area (Å²) in [5.74, 6) is 0.204. The molecule has 138 valence electrons. The van der Waals surface area contributed by atoms with Gasteiger partial charge >= 0.3 is 0 Å². The Morgan fingerprint density at radius 2 is 1.73 bits per heavy atom. The van der Waals surface area contributed by atoms with E-state index in [4.69, 9.17) is 0 Å². The highest BCUT2D eigenvalue weighted by atomic mass is 16.2. The van der Waals surface area contributed by atoms with Crippen molar-refractivity contribution in [3.8, 4) is 0 Å². The van der Waals surface area contributed by atoms with Gasteiger partial charge in [0, 0.05) is 25.3 Å². The Balaban J connectivity index is 1.48. The summed E-state index contributed by atoms with van der Waals surface area (Å²) in [6.07, 6.45) is 2.12. The molecule has 1 saturated heterocycles. The van der Waals surface area contributed by atoms with Crippen molar-refractivity contribution in [1.29, 1.82) is 0 Å². The van der Waals surface area contributed by atoms with Crippen molar-refractivity contribution < 1.29 is 9.59 Å². The topological polar surface area (TPSA) is 87.1 Å². The van der Waals surface area contributed by atoms with Crippen LogP contribution in [0.2, 0.25) is 0 Å². The Kier molecular flexibility index (Phi) is 4.26. The smallest absolute Gasteiger partial charge is 0.274 e. The zero-order chi connectivity index (χ0) is 18.3. The molecule has 2 amide bonds. The van der Waals surface area contributed by atoms with Crippen LogP contribution in [-0.2, 0) is 13.1 Å². The third-order valence-corrected chi connectivity index (χ3v) is 5.14. The minimum Gasteiger partial charge on any atom is -0.337 e. The van der Waals surface area contributed by atoms with Crippen molar-refractivity contribution in [2.45, 2.75) is 45.7 Å². The van der Waals surface area contributed by atoms with E-state index in [2.05, 4.69) is 29.1 Å². The number of H-pyrrole nitrogens is 1. The minimum absolute atomic E-state index is 0.00356. The third-order valence-electron chi connectivity index (χ3n) is 5.14. The van der Waals surface area contributed by atoms with E-state index in [-0.39, 0.29) is 11.8 Å². The lowest BCUT2D eigenvalue weighted by molar-refractivity contribution is 0.0698. The summed E-state index contributed by atoms with van der Waals surface area (Å²) in [5.41, 5.74) is 2.77. The van der Waals surface area contributed by atoms with Crippen molar-refractivity contribution >= 4 is 11.8 Å². The fourth-order valence-electron chi connectivity index (χ4n) is 3.53. The van der Waals surface area contributed by atoms with E-state index in [1.54, 1.807) is 4.90 Å². The number of hydrogen-bond donors (Lipinski definition) is 1. The van der Waals surface area contributed by atoms with Gasteiger partial charge < -0.3 is 9.80 Å². The molecule has 0 radical (unpaired) electrons.